The van der Waals surface area contributed by atoms with Gasteiger partial charge in [0.05, 0.1) is 23.1 Å². The van der Waals surface area contributed by atoms with Gasteiger partial charge >= 0.3 is 11.9 Å². The highest BCUT2D eigenvalue weighted by Crippen LogP contribution is 2.34. The van der Waals surface area contributed by atoms with Crippen LogP contribution in [0.5, 0.6) is 0 Å². The monoisotopic (exact) mass is 320 g/mol. The Labute approximate surface area is 130 Å². The maximum atomic E-state index is 12.0. The van der Waals surface area contributed by atoms with E-state index in [1.54, 1.807) is 37.3 Å². The van der Waals surface area contributed by atoms with Crippen LogP contribution in [0.4, 0.5) is 0 Å². The summed E-state index contributed by atoms with van der Waals surface area (Å²) in [5.41, 5.74) is 6.29. The number of carboxylic acid groups (broad SMARTS) is 1. The minimum absolute atomic E-state index is 0.117. The SMILES string of the molecule is CCOC(=O)C1=C(C(=O)O)C(=Cc2ccccc2)S(=N)C1N. The smallest absolute Gasteiger partial charge is 0.337 e. The lowest BCUT2D eigenvalue weighted by Crippen LogP contribution is -2.28. The van der Waals surface area contributed by atoms with Crippen molar-refractivity contribution in [3.63, 3.8) is 0 Å². The molecule has 1 aromatic carbocycles. The van der Waals surface area contributed by atoms with Gasteiger partial charge in [-0.15, -0.1) is 0 Å². The zero-order valence-corrected chi connectivity index (χ0v) is 12.7. The molecule has 7 heteroatoms. The fourth-order valence-corrected chi connectivity index (χ4v) is 3.53. The van der Waals surface area contributed by atoms with Gasteiger partial charge in [-0.05, 0) is 29.3 Å². The average molecular weight is 320 g/mol. The van der Waals surface area contributed by atoms with Crippen molar-refractivity contribution in [3.05, 3.63) is 51.9 Å². The molecular weight excluding hydrogens is 304 g/mol. The molecule has 22 heavy (non-hydrogen) atoms. The van der Waals surface area contributed by atoms with Crippen LogP contribution in [0.15, 0.2) is 46.4 Å². The van der Waals surface area contributed by atoms with Gasteiger partial charge in [-0.25, -0.2) is 9.59 Å². The predicted octanol–water partition coefficient (Wildman–Crippen LogP) is 1.65. The van der Waals surface area contributed by atoms with E-state index >= 15 is 0 Å². The van der Waals surface area contributed by atoms with E-state index < -0.39 is 28.0 Å². The van der Waals surface area contributed by atoms with Crippen molar-refractivity contribution in [2.45, 2.75) is 12.3 Å². The molecular formula is C15H16N2O4S. The van der Waals surface area contributed by atoms with E-state index in [9.17, 15) is 14.7 Å². The molecule has 6 nitrogen and oxygen atoms in total. The third-order valence-electron chi connectivity index (χ3n) is 3.10. The van der Waals surface area contributed by atoms with E-state index in [1.807, 2.05) is 6.07 Å². The summed E-state index contributed by atoms with van der Waals surface area (Å²) in [6.45, 7) is 1.74. The van der Waals surface area contributed by atoms with Crippen LogP contribution in [0.3, 0.4) is 0 Å². The Morgan fingerprint density at radius 2 is 2.05 bits per heavy atom. The second-order valence-electron chi connectivity index (χ2n) is 4.49. The maximum Gasteiger partial charge on any atom is 0.337 e. The Balaban J connectivity index is 2.58. The lowest BCUT2D eigenvalue weighted by Gasteiger charge is -2.08. The van der Waals surface area contributed by atoms with E-state index in [-0.39, 0.29) is 22.7 Å². The summed E-state index contributed by atoms with van der Waals surface area (Å²) >= 11 is 0. The molecule has 0 aromatic heterocycles. The Hall–Kier alpha value is -2.25. The second-order valence-corrected chi connectivity index (χ2v) is 6.12. The van der Waals surface area contributed by atoms with Crippen LogP contribution in [0.1, 0.15) is 12.5 Å². The molecule has 0 amide bonds. The van der Waals surface area contributed by atoms with E-state index in [2.05, 4.69) is 0 Å². The zero-order chi connectivity index (χ0) is 16.3. The second kappa shape index (κ2) is 6.67. The first-order valence-corrected chi connectivity index (χ1v) is 7.87. The van der Waals surface area contributed by atoms with Crippen LogP contribution < -0.4 is 5.73 Å². The molecule has 0 bridgehead atoms. The van der Waals surface area contributed by atoms with Gasteiger partial charge in [0.2, 0.25) is 0 Å². The summed E-state index contributed by atoms with van der Waals surface area (Å²) in [4.78, 5) is 23.8. The Morgan fingerprint density at radius 3 is 2.59 bits per heavy atom. The molecule has 4 N–H and O–H groups in total. The van der Waals surface area contributed by atoms with Gasteiger partial charge in [0, 0.05) is 4.91 Å². The number of hydrogen-bond acceptors (Lipinski definition) is 5. The van der Waals surface area contributed by atoms with Crippen LogP contribution in [0, 0.1) is 4.78 Å². The molecule has 2 rings (SSSR count). The molecule has 0 fully saturated rings. The van der Waals surface area contributed by atoms with Crippen LogP contribution in [-0.2, 0) is 25.0 Å². The molecule has 0 spiro atoms. The van der Waals surface area contributed by atoms with E-state index in [4.69, 9.17) is 15.3 Å². The highest BCUT2D eigenvalue weighted by Gasteiger charge is 2.39. The molecule has 0 saturated heterocycles. The molecule has 0 saturated carbocycles. The number of carbonyl (C=O) groups is 2. The molecule has 1 aromatic rings. The van der Waals surface area contributed by atoms with E-state index in [1.165, 1.54) is 0 Å². The Kier molecular flexibility index (Phi) is 4.89. The predicted molar refractivity (Wildman–Crippen MR) is 83.8 cm³/mol. The Morgan fingerprint density at radius 1 is 1.41 bits per heavy atom. The van der Waals surface area contributed by atoms with Crippen LogP contribution in [-0.4, -0.2) is 29.0 Å². The number of carbonyl (C=O) groups excluding carboxylic acids is 1. The number of esters is 1. The number of ether oxygens (including phenoxy) is 1. The molecule has 1 aliphatic heterocycles. The fraction of sp³-hybridized carbons (Fsp3) is 0.200. The molecule has 0 radical (unpaired) electrons. The summed E-state index contributed by atoms with van der Waals surface area (Å²) in [6.07, 6.45) is 1.59. The van der Waals surface area contributed by atoms with Crippen molar-refractivity contribution in [3.8, 4) is 0 Å². The van der Waals surface area contributed by atoms with Crippen molar-refractivity contribution >= 4 is 28.7 Å². The number of hydrogen-bond donors (Lipinski definition) is 3. The minimum Gasteiger partial charge on any atom is -0.478 e. The molecule has 116 valence electrons. The zero-order valence-electron chi connectivity index (χ0n) is 11.9. The quantitative estimate of drug-likeness (QED) is 0.730. The van der Waals surface area contributed by atoms with Crippen molar-refractivity contribution in [2.75, 3.05) is 6.61 Å². The number of rotatable bonds is 4. The van der Waals surface area contributed by atoms with Gasteiger partial charge in [0.25, 0.3) is 0 Å². The Bertz CT molecular complexity index is 695. The van der Waals surface area contributed by atoms with Gasteiger partial charge in [-0.2, -0.15) is 0 Å². The van der Waals surface area contributed by atoms with Gasteiger partial charge in [0.15, 0.2) is 0 Å². The van der Waals surface area contributed by atoms with Gasteiger partial charge in [-0.3, -0.25) is 4.78 Å². The topological polar surface area (TPSA) is 113 Å². The maximum absolute atomic E-state index is 12.0. The molecule has 1 heterocycles. The highest BCUT2D eigenvalue weighted by molar-refractivity contribution is 7.91. The molecule has 2 unspecified atom stereocenters. The average Bonchev–Trinajstić information content (AvgIpc) is 2.73. The third kappa shape index (κ3) is 3.00. The van der Waals surface area contributed by atoms with E-state index in [0.29, 0.717) is 0 Å². The standard InChI is InChI=1S/C15H16N2O4S/c1-2-21-15(20)12-11(14(18)19)10(22(17)13(12)16)8-9-6-4-3-5-7-9/h3-8,13,17H,2,16H2,1H3,(H,18,19). The lowest BCUT2D eigenvalue weighted by molar-refractivity contribution is -0.139. The van der Waals surface area contributed by atoms with E-state index in [0.717, 1.165) is 5.56 Å². The number of aliphatic carboxylic acids is 1. The van der Waals surface area contributed by atoms with Crippen LogP contribution in [0.25, 0.3) is 6.08 Å². The summed E-state index contributed by atoms with van der Waals surface area (Å²) < 4.78 is 13.0. The van der Waals surface area contributed by atoms with Crippen molar-refractivity contribution in [1.82, 2.24) is 0 Å². The van der Waals surface area contributed by atoms with Crippen molar-refractivity contribution in [1.29, 1.82) is 4.78 Å². The first kappa shape index (κ1) is 16.1. The first-order chi connectivity index (χ1) is 10.5. The van der Waals surface area contributed by atoms with Gasteiger partial charge in [-0.1, -0.05) is 30.3 Å². The summed E-state index contributed by atoms with van der Waals surface area (Å²) in [6, 6.07) is 9.02. The summed E-state index contributed by atoms with van der Waals surface area (Å²) in [7, 11) is -1.33. The normalized spacial score (nSPS) is 22.9. The largest absolute Gasteiger partial charge is 0.478 e. The third-order valence-corrected chi connectivity index (χ3v) is 4.64. The molecule has 0 aliphatic carbocycles. The minimum atomic E-state index is -1.33. The number of benzene rings is 1. The summed E-state index contributed by atoms with van der Waals surface area (Å²) in [5, 5.41) is 8.46. The van der Waals surface area contributed by atoms with Crippen LogP contribution >= 0.6 is 0 Å². The number of nitrogens with two attached hydrogens (primary N) is 1. The van der Waals surface area contributed by atoms with Crippen LogP contribution in [0.2, 0.25) is 0 Å². The number of carboxylic acids is 1. The molecule has 1 aliphatic rings. The van der Waals surface area contributed by atoms with Gasteiger partial charge < -0.3 is 15.6 Å². The lowest BCUT2D eigenvalue weighted by atomic mass is 10.1. The summed E-state index contributed by atoms with van der Waals surface area (Å²) in [5.74, 6) is -2.04. The molecule has 2 atom stereocenters. The highest BCUT2D eigenvalue weighted by atomic mass is 32.2. The van der Waals surface area contributed by atoms with Crippen molar-refractivity contribution < 1.29 is 19.4 Å². The van der Waals surface area contributed by atoms with Gasteiger partial charge in [0.1, 0.15) is 0 Å². The fourth-order valence-electron chi connectivity index (χ4n) is 2.12. The van der Waals surface area contributed by atoms with Crippen molar-refractivity contribution in [2.24, 2.45) is 5.73 Å². The number of nitrogens with one attached hydrogen (secondary N) is 1. The first-order valence-electron chi connectivity index (χ1n) is 6.59.